The largest absolute Gasteiger partial charge is 0.300 e. The molecule has 1 aromatic carbocycles. The topological polar surface area (TPSA) is 30.0 Å². The Morgan fingerprint density at radius 3 is 2.46 bits per heavy atom. The molecule has 28 heavy (non-hydrogen) atoms. The van der Waals surface area contributed by atoms with Crippen LogP contribution in [0.4, 0.5) is 4.39 Å². The Bertz CT molecular complexity index is 887. The molecule has 1 heterocycles. The first-order valence-corrected chi connectivity index (χ1v) is 10.7. The van der Waals surface area contributed by atoms with Crippen LogP contribution in [0.3, 0.4) is 0 Å². The lowest BCUT2D eigenvalue weighted by molar-refractivity contribution is -0.120. The number of rotatable bonds is 5. The minimum Gasteiger partial charge on any atom is -0.300 e. The molecule has 0 N–H and O–H groups in total. The molecule has 0 aliphatic heterocycles. The zero-order chi connectivity index (χ0) is 20.1. The van der Waals surface area contributed by atoms with Crippen LogP contribution in [0.15, 0.2) is 30.5 Å². The minimum absolute atomic E-state index is 0.193. The molecule has 1 aromatic heterocycles. The summed E-state index contributed by atoms with van der Waals surface area (Å²) in [5, 5.41) is 0.961. The molecule has 0 bridgehead atoms. The average molecular weight is 382 g/mol. The highest BCUT2D eigenvalue weighted by atomic mass is 19.1. The first-order chi connectivity index (χ1) is 13.2. The second kappa shape index (κ2) is 6.93. The molecule has 2 nitrogen and oxygen atoms in total. The monoisotopic (exact) mass is 381 g/mol. The van der Waals surface area contributed by atoms with Gasteiger partial charge in [-0.15, -0.1) is 0 Å². The van der Waals surface area contributed by atoms with E-state index < -0.39 is 0 Å². The zero-order valence-electron chi connectivity index (χ0n) is 17.6. The average Bonchev–Trinajstić information content (AvgIpc) is 2.96. The predicted molar refractivity (Wildman–Crippen MR) is 112 cm³/mol. The number of aromatic nitrogens is 1. The van der Waals surface area contributed by atoms with Crippen molar-refractivity contribution in [2.24, 2.45) is 22.7 Å². The third kappa shape index (κ3) is 3.38. The summed E-state index contributed by atoms with van der Waals surface area (Å²) in [6, 6.07) is 7.00. The van der Waals surface area contributed by atoms with Crippen molar-refractivity contribution in [2.75, 3.05) is 0 Å². The summed E-state index contributed by atoms with van der Waals surface area (Å²) >= 11 is 0. The summed E-state index contributed by atoms with van der Waals surface area (Å²) in [4.78, 5) is 16.8. The molecule has 0 saturated heterocycles. The molecule has 150 valence electrons. The molecular weight excluding hydrogens is 349 g/mol. The van der Waals surface area contributed by atoms with Crippen molar-refractivity contribution < 1.29 is 9.18 Å². The van der Waals surface area contributed by atoms with Gasteiger partial charge in [0.2, 0.25) is 0 Å². The lowest BCUT2D eigenvalue weighted by Gasteiger charge is -2.34. The molecular formula is C25H32FNO. The van der Waals surface area contributed by atoms with E-state index in [0.717, 1.165) is 43.0 Å². The van der Waals surface area contributed by atoms with Gasteiger partial charge in [-0.1, -0.05) is 27.7 Å². The van der Waals surface area contributed by atoms with E-state index in [9.17, 15) is 9.18 Å². The second-order valence-electron chi connectivity index (χ2n) is 10.4. The van der Waals surface area contributed by atoms with Crippen LogP contribution in [0.5, 0.6) is 0 Å². The molecule has 0 radical (unpaired) electrons. The summed E-state index contributed by atoms with van der Waals surface area (Å²) in [5.74, 6) is 1.65. The quantitative estimate of drug-likeness (QED) is 0.578. The second-order valence-corrected chi connectivity index (χ2v) is 10.4. The number of Topliss-reactive ketones (excluding diaryl/α,β-unsaturated/α-hetero) is 1. The highest BCUT2D eigenvalue weighted by molar-refractivity contribution is 5.82. The highest BCUT2D eigenvalue weighted by Gasteiger charge is 2.58. The molecule has 2 unspecified atom stereocenters. The van der Waals surface area contributed by atoms with E-state index in [-0.39, 0.29) is 16.6 Å². The number of fused-ring (bicyclic) bond motifs is 2. The van der Waals surface area contributed by atoms with Crippen molar-refractivity contribution in [1.29, 1.82) is 0 Å². The fourth-order valence-electron chi connectivity index (χ4n) is 6.38. The lowest BCUT2D eigenvalue weighted by atomic mass is 9.71. The summed E-state index contributed by atoms with van der Waals surface area (Å²) < 4.78 is 13.9. The SMILES string of the molecule is CC(C)CC(=O)CC1C[C@@]2(C)CC(c3ccnc4ccc(F)cc34)C[C@@]2(C)C1. The summed E-state index contributed by atoms with van der Waals surface area (Å²) in [6.07, 6.45) is 7.84. The smallest absolute Gasteiger partial charge is 0.133 e. The minimum atomic E-state index is -0.193. The van der Waals surface area contributed by atoms with E-state index in [1.165, 1.54) is 11.6 Å². The van der Waals surface area contributed by atoms with Crippen LogP contribution in [0.25, 0.3) is 10.9 Å². The van der Waals surface area contributed by atoms with Crippen LogP contribution in [0, 0.1) is 28.5 Å². The van der Waals surface area contributed by atoms with Crippen LogP contribution in [-0.4, -0.2) is 10.8 Å². The number of nitrogens with zero attached hydrogens (tertiary/aromatic N) is 1. The molecule has 0 amide bonds. The zero-order valence-corrected chi connectivity index (χ0v) is 17.6. The van der Waals surface area contributed by atoms with E-state index in [0.29, 0.717) is 30.0 Å². The van der Waals surface area contributed by atoms with Gasteiger partial charge in [-0.25, -0.2) is 4.39 Å². The molecule has 2 saturated carbocycles. The molecule has 2 aliphatic carbocycles. The van der Waals surface area contributed by atoms with Gasteiger partial charge in [-0.05, 0) is 84.1 Å². The van der Waals surface area contributed by atoms with Crippen molar-refractivity contribution in [3.63, 3.8) is 0 Å². The Kier molecular flexibility index (Phi) is 4.84. The van der Waals surface area contributed by atoms with Gasteiger partial charge in [-0.2, -0.15) is 0 Å². The number of carbonyl (C=O) groups is 1. The van der Waals surface area contributed by atoms with Crippen LogP contribution < -0.4 is 0 Å². The van der Waals surface area contributed by atoms with Gasteiger partial charge < -0.3 is 0 Å². The number of ketones is 1. The first kappa shape index (κ1) is 19.5. The Morgan fingerprint density at radius 2 is 1.82 bits per heavy atom. The van der Waals surface area contributed by atoms with Crippen molar-refractivity contribution in [1.82, 2.24) is 4.98 Å². The van der Waals surface area contributed by atoms with E-state index in [1.54, 1.807) is 12.1 Å². The predicted octanol–water partition coefficient (Wildman–Crippen LogP) is 6.68. The fourth-order valence-corrected chi connectivity index (χ4v) is 6.38. The molecule has 4 atom stereocenters. The Hall–Kier alpha value is -1.77. The van der Waals surface area contributed by atoms with Crippen molar-refractivity contribution in [2.45, 2.75) is 72.1 Å². The number of pyridine rings is 1. The van der Waals surface area contributed by atoms with Crippen LogP contribution in [-0.2, 0) is 4.79 Å². The molecule has 0 spiro atoms. The fraction of sp³-hybridized carbons (Fsp3) is 0.600. The Balaban J connectivity index is 1.55. The van der Waals surface area contributed by atoms with Crippen LogP contribution in [0.2, 0.25) is 0 Å². The van der Waals surface area contributed by atoms with Gasteiger partial charge >= 0.3 is 0 Å². The molecule has 2 aliphatic rings. The van der Waals surface area contributed by atoms with Crippen molar-refractivity contribution in [3.05, 3.63) is 41.8 Å². The third-order valence-corrected chi connectivity index (χ3v) is 7.66. The van der Waals surface area contributed by atoms with Crippen LogP contribution >= 0.6 is 0 Å². The number of hydrogen-bond acceptors (Lipinski definition) is 2. The van der Waals surface area contributed by atoms with Crippen molar-refractivity contribution in [3.8, 4) is 0 Å². The molecule has 2 aromatic rings. The van der Waals surface area contributed by atoms with Crippen molar-refractivity contribution >= 4 is 16.7 Å². The molecule has 4 rings (SSSR count). The van der Waals surface area contributed by atoms with E-state index in [4.69, 9.17) is 0 Å². The maximum atomic E-state index is 13.9. The van der Waals surface area contributed by atoms with Gasteiger partial charge in [0, 0.05) is 24.4 Å². The van der Waals surface area contributed by atoms with E-state index in [2.05, 4.69) is 38.7 Å². The highest BCUT2D eigenvalue weighted by Crippen LogP contribution is 2.68. The Morgan fingerprint density at radius 1 is 1.14 bits per heavy atom. The number of carbonyl (C=O) groups excluding carboxylic acids is 1. The Labute approximate surface area is 167 Å². The van der Waals surface area contributed by atoms with Gasteiger partial charge in [0.05, 0.1) is 5.52 Å². The van der Waals surface area contributed by atoms with E-state index in [1.807, 2.05) is 6.20 Å². The number of halogens is 1. The number of benzene rings is 1. The standard InChI is InChI=1S/C25H32FNO/c1-16(2)9-20(28)10-17-12-24(3)14-18(15-25(24,4)13-17)21-7-8-27-23-6-5-19(26)11-22(21)23/h5-8,11,16-18H,9-10,12-15H2,1-4H3/t17?,18?,24-,25+. The lowest BCUT2D eigenvalue weighted by Crippen LogP contribution is -2.25. The van der Waals surface area contributed by atoms with Crippen LogP contribution in [0.1, 0.15) is 77.7 Å². The molecule has 3 heteroatoms. The van der Waals surface area contributed by atoms with Gasteiger partial charge in [0.15, 0.2) is 0 Å². The summed E-state index contributed by atoms with van der Waals surface area (Å²) in [7, 11) is 0. The number of hydrogen-bond donors (Lipinski definition) is 0. The third-order valence-electron chi connectivity index (χ3n) is 7.66. The van der Waals surface area contributed by atoms with Gasteiger partial charge in [-0.3, -0.25) is 9.78 Å². The maximum absolute atomic E-state index is 13.9. The normalized spacial score (nSPS) is 32.2. The van der Waals surface area contributed by atoms with E-state index >= 15 is 0 Å². The first-order valence-electron chi connectivity index (χ1n) is 10.7. The molecule has 2 fully saturated rings. The van der Waals surface area contributed by atoms with Gasteiger partial charge in [0.25, 0.3) is 0 Å². The summed E-state index contributed by atoms with van der Waals surface area (Å²) in [5.41, 5.74) is 2.63. The maximum Gasteiger partial charge on any atom is 0.133 e. The summed E-state index contributed by atoms with van der Waals surface area (Å²) in [6.45, 7) is 9.08. The van der Waals surface area contributed by atoms with Gasteiger partial charge in [0.1, 0.15) is 11.6 Å².